The summed E-state index contributed by atoms with van der Waals surface area (Å²) in [5.74, 6) is 0.492. The van der Waals surface area contributed by atoms with Crippen molar-refractivity contribution in [3.8, 4) is 0 Å². The normalized spacial score (nSPS) is 14.8. The van der Waals surface area contributed by atoms with Crippen LogP contribution in [-0.4, -0.2) is 62.2 Å². The van der Waals surface area contributed by atoms with Gasteiger partial charge >= 0.3 is 0 Å². The third-order valence-electron chi connectivity index (χ3n) is 5.54. The maximum absolute atomic E-state index is 12.7. The first-order chi connectivity index (χ1) is 16.3. The predicted molar refractivity (Wildman–Crippen MR) is 132 cm³/mol. The second-order valence-corrected chi connectivity index (χ2v) is 9.80. The highest BCUT2D eigenvalue weighted by Gasteiger charge is 2.22. The highest BCUT2D eigenvalue weighted by Crippen LogP contribution is 2.20. The van der Waals surface area contributed by atoms with Crippen molar-refractivity contribution in [2.75, 3.05) is 43.0 Å². The monoisotopic (exact) mass is 488 g/mol. The summed E-state index contributed by atoms with van der Waals surface area (Å²) in [5, 5.41) is 6.47. The molecule has 1 saturated heterocycles. The van der Waals surface area contributed by atoms with Gasteiger partial charge in [0, 0.05) is 43.6 Å². The number of aromatic nitrogens is 1. The largest absolute Gasteiger partial charge is 0.384 e. The van der Waals surface area contributed by atoms with Crippen molar-refractivity contribution in [3.05, 3.63) is 48.2 Å². The highest BCUT2D eigenvalue weighted by molar-refractivity contribution is 7.89. The van der Waals surface area contributed by atoms with E-state index >= 15 is 0 Å². The summed E-state index contributed by atoms with van der Waals surface area (Å²) in [4.78, 5) is 24.1. The summed E-state index contributed by atoms with van der Waals surface area (Å²) in [6, 6.07) is 9.69. The molecule has 2 aromatic rings. The minimum Gasteiger partial charge on any atom is -0.384 e. The number of anilines is 2. The molecular weight excluding hydrogens is 456 g/mol. The zero-order chi connectivity index (χ0) is 24.6. The molecule has 0 unspecified atom stereocenters. The summed E-state index contributed by atoms with van der Waals surface area (Å²) >= 11 is 0. The number of amidine groups is 1. The van der Waals surface area contributed by atoms with E-state index in [9.17, 15) is 13.2 Å². The number of nitrogens with zero attached hydrogens (tertiary/aromatic N) is 4. The zero-order valence-corrected chi connectivity index (χ0v) is 20.4. The number of benzene rings is 1. The standard InChI is InChI=1S/C23H32N6O4S/c1-3-29(4-2)34(31,32)20-10-8-9-19(16-20)26-22(30)17-33-27-23(24)18-11-12-25-21(15-18)28-13-6-5-7-14-28/h8-12,15-16H,3-7,13-14,17H2,1-2H3,(H2,24,27)(H,26,30). The third kappa shape index (κ3) is 6.45. The van der Waals surface area contributed by atoms with Crippen molar-refractivity contribution in [3.63, 3.8) is 0 Å². The van der Waals surface area contributed by atoms with Gasteiger partial charge in [0.25, 0.3) is 5.91 Å². The SMILES string of the molecule is CCN(CC)S(=O)(=O)c1cccc(NC(=O)CO/N=C(/N)c2ccnc(N3CCCCC3)c2)c1. The van der Waals surface area contributed by atoms with Crippen LogP contribution in [0.1, 0.15) is 38.7 Å². The molecule has 34 heavy (non-hydrogen) atoms. The number of rotatable bonds is 10. The molecule has 0 saturated carbocycles. The van der Waals surface area contributed by atoms with Crippen molar-refractivity contribution in [1.29, 1.82) is 0 Å². The first-order valence-corrected chi connectivity index (χ1v) is 12.9. The highest BCUT2D eigenvalue weighted by atomic mass is 32.2. The molecule has 1 aliphatic heterocycles. The Labute approximate surface area is 200 Å². The van der Waals surface area contributed by atoms with Crippen LogP contribution in [0.5, 0.6) is 0 Å². The van der Waals surface area contributed by atoms with E-state index in [2.05, 4.69) is 20.4 Å². The van der Waals surface area contributed by atoms with E-state index in [0.29, 0.717) is 24.3 Å². The van der Waals surface area contributed by atoms with E-state index in [4.69, 9.17) is 10.6 Å². The average Bonchev–Trinajstić information content (AvgIpc) is 2.85. The number of sulfonamides is 1. The number of hydrogen-bond donors (Lipinski definition) is 2. The minimum absolute atomic E-state index is 0.111. The second kappa shape index (κ2) is 11.8. The molecule has 2 heterocycles. The van der Waals surface area contributed by atoms with Gasteiger partial charge in [-0.25, -0.2) is 13.4 Å². The van der Waals surface area contributed by atoms with E-state index in [1.54, 1.807) is 38.2 Å². The van der Waals surface area contributed by atoms with Crippen LogP contribution in [0.4, 0.5) is 11.5 Å². The third-order valence-corrected chi connectivity index (χ3v) is 7.59. The molecule has 0 atom stereocenters. The molecule has 0 bridgehead atoms. The van der Waals surface area contributed by atoms with Crippen LogP contribution in [0.3, 0.4) is 0 Å². The van der Waals surface area contributed by atoms with Crippen molar-refractivity contribution >= 4 is 33.3 Å². The van der Waals surface area contributed by atoms with Gasteiger partial charge in [0.2, 0.25) is 10.0 Å². The summed E-state index contributed by atoms with van der Waals surface area (Å²) in [6.45, 7) is 5.81. The van der Waals surface area contributed by atoms with Gasteiger partial charge in [0.05, 0.1) is 4.90 Å². The molecule has 1 aromatic heterocycles. The number of nitrogens with one attached hydrogen (secondary N) is 1. The lowest BCUT2D eigenvalue weighted by Crippen LogP contribution is -2.30. The number of piperidine rings is 1. The van der Waals surface area contributed by atoms with Crippen LogP contribution < -0.4 is 16.0 Å². The molecule has 11 heteroatoms. The van der Waals surface area contributed by atoms with Crippen LogP contribution in [-0.2, 0) is 19.7 Å². The Morgan fingerprint density at radius 2 is 1.91 bits per heavy atom. The van der Waals surface area contributed by atoms with Gasteiger partial charge < -0.3 is 20.8 Å². The van der Waals surface area contributed by atoms with Crippen LogP contribution >= 0.6 is 0 Å². The molecule has 3 N–H and O–H groups in total. The van der Waals surface area contributed by atoms with Crippen molar-refractivity contribution in [1.82, 2.24) is 9.29 Å². The van der Waals surface area contributed by atoms with Crippen molar-refractivity contribution in [2.24, 2.45) is 10.9 Å². The van der Waals surface area contributed by atoms with Crippen molar-refractivity contribution < 1.29 is 18.0 Å². The minimum atomic E-state index is -3.63. The molecule has 0 spiro atoms. The smallest absolute Gasteiger partial charge is 0.265 e. The van der Waals surface area contributed by atoms with E-state index in [1.165, 1.54) is 22.9 Å². The number of carbonyl (C=O) groups excluding carboxylic acids is 1. The topological polar surface area (TPSA) is 130 Å². The lowest BCUT2D eigenvalue weighted by molar-refractivity contribution is -0.120. The number of hydrogen-bond acceptors (Lipinski definition) is 7. The quantitative estimate of drug-likeness (QED) is 0.298. The van der Waals surface area contributed by atoms with Gasteiger partial charge in [-0.15, -0.1) is 0 Å². The second-order valence-electron chi connectivity index (χ2n) is 7.87. The Morgan fingerprint density at radius 1 is 1.18 bits per heavy atom. The van der Waals surface area contributed by atoms with Gasteiger partial charge in [0.1, 0.15) is 5.82 Å². The lowest BCUT2D eigenvalue weighted by Gasteiger charge is -2.27. The molecular formula is C23H32N6O4S. The molecule has 0 aliphatic carbocycles. The average molecular weight is 489 g/mol. The van der Waals surface area contributed by atoms with Gasteiger partial charge in [-0.2, -0.15) is 4.31 Å². The zero-order valence-electron chi connectivity index (χ0n) is 19.6. The Bertz CT molecular complexity index is 1110. The Morgan fingerprint density at radius 3 is 2.62 bits per heavy atom. The van der Waals surface area contributed by atoms with Gasteiger partial charge in [-0.05, 0) is 49.6 Å². The van der Waals surface area contributed by atoms with E-state index in [-0.39, 0.29) is 17.3 Å². The van der Waals surface area contributed by atoms with E-state index < -0.39 is 15.9 Å². The van der Waals surface area contributed by atoms with Gasteiger partial charge in [-0.1, -0.05) is 25.1 Å². The lowest BCUT2D eigenvalue weighted by atomic mass is 10.1. The fourth-order valence-electron chi connectivity index (χ4n) is 3.73. The summed E-state index contributed by atoms with van der Waals surface area (Å²) in [7, 11) is -3.63. The van der Waals surface area contributed by atoms with Gasteiger partial charge in [0.15, 0.2) is 12.4 Å². The number of carbonyl (C=O) groups is 1. The summed E-state index contributed by atoms with van der Waals surface area (Å²) < 4.78 is 26.7. The Balaban J connectivity index is 1.58. The fourth-order valence-corrected chi connectivity index (χ4v) is 5.24. The molecule has 10 nitrogen and oxygen atoms in total. The predicted octanol–water partition coefficient (Wildman–Crippen LogP) is 2.38. The number of nitrogens with two attached hydrogens (primary N) is 1. The van der Waals surface area contributed by atoms with Crippen molar-refractivity contribution in [2.45, 2.75) is 38.0 Å². The molecule has 1 amide bonds. The fraction of sp³-hybridized carbons (Fsp3) is 0.435. The molecule has 0 radical (unpaired) electrons. The van der Waals surface area contributed by atoms with E-state index in [0.717, 1.165) is 31.7 Å². The van der Waals surface area contributed by atoms with Gasteiger partial charge in [-0.3, -0.25) is 4.79 Å². The number of oxime groups is 1. The Kier molecular flexibility index (Phi) is 8.83. The first-order valence-electron chi connectivity index (χ1n) is 11.4. The molecule has 1 aliphatic rings. The first kappa shape index (κ1) is 25.4. The molecule has 1 aromatic carbocycles. The summed E-state index contributed by atoms with van der Waals surface area (Å²) in [6.07, 6.45) is 5.18. The molecule has 184 valence electrons. The van der Waals surface area contributed by atoms with Crippen LogP contribution in [0.2, 0.25) is 0 Å². The Hall–Kier alpha value is -3.18. The molecule has 3 rings (SSSR count). The van der Waals surface area contributed by atoms with E-state index in [1.807, 2.05) is 6.07 Å². The maximum atomic E-state index is 12.7. The number of amides is 1. The van der Waals surface area contributed by atoms with Crippen LogP contribution in [0.25, 0.3) is 0 Å². The number of pyridine rings is 1. The van der Waals surface area contributed by atoms with Crippen LogP contribution in [0.15, 0.2) is 52.6 Å². The molecule has 1 fully saturated rings. The summed E-state index contributed by atoms with van der Waals surface area (Å²) in [5.41, 5.74) is 7.03. The van der Waals surface area contributed by atoms with Crippen LogP contribution in [0, 0.1) is 0 Å². The maximum Gasteiger partial charge on any atom is 0.265 e.